The van der Waals surface area contributed by atoms with Crippen molar-refractivity contribution >= 4 is 22.8 Å². The molecule has 162 valence electrons. The smallest absolute Gasteiger partial charge is 0.323 e. The summed E-state index contributed by atoms with van der Waals surface area (Å²) in [6.07, 6.45) is -0.289. The minimum Gasteiger partial charge on any atom is -0.323 e. The van der Waals surface area contributed by atoms with Crippen LogP contribution in [0.1, 0.15) is 25.3 Å². The summed E-state index contributed by atoms with van der Waals surface area (Å²) in [4.78, 5) is 13.5. The highest BCUT2D eigenvalue weighted by molar-refractivity contribution is 7.99. The van der Waals surface area contributed by atoms with E-state index in [-0.39, 0.29) is 11.0 Å². The number of nitriles is 1. The molecule has 1 fully saturated rings. The van der Waals surface area contributed by atoms with Gasteiger partial charge in [0.05, 0.1) is 47.3 Å². The van der Waals surface area contributed by atoms with Gasteiger partial charge in [-0.25, -0.2) is 4.98 Å². The third-order valence-corrected chi connectivity index (χ3v) is 6.11. The molecule has 1 aliphatic carbocycles. The molecular weight excluding hydrogens is 437 g/mol. The van der Waals surface area contributed by atoms with Gasteiger partial charge in [0.15, 0.2) is 0 Å². The second-order valence-corrected chi connectivity index (χ2v) is 8.64. The van der Waals surface area contributed by atoms with Crippen LogP contribution in [0.4, 0.5) is 22.0 Å². The quantitative estimate of drug-likeness (QED) is 0.371. The first-order chi connectivity index (χ1) is 14.6. The van der Waals surface area contributed by atoms with Crippen LogP contribution in [0.3, 0.4) is 0 Å². The fourth-order valence-corrected chi connectivity index (χ4v) is 4.08. The van der Waals surface area contributed by atoms with Crippen molar-refractivity contribution < 1.29 is 22.0 Å². The van der Waals surface area contributed by atoms with E-state index in [1.807, 2.05) is 13.0 Å². The molecule has 5 nitrogen and oxygen atoms in total. The highest BCUT2D eigenvalue weighted by Crippen LogP contribution is 2.48. The molecule has 0 atom stereocenters. The number of alkyl halides is 5. The number of hydrogen-bond acceptors (Lipinski definition) is 5. The zero-order valence-electron chi connectivity index (χ0n) is 16.2. The van der Waals surface area contributed by atoms with E-state index >= 15 is 0 Å². The Hall–Kier alpha value is -2.74. The molecule has 0 aliphatic heterocycles. The van der Waals surface area contributed by atoms with Crippen molar-refractivity contribution in [1.82, 2.24) is 19.5 Å². The summed E-state index contributed by atoms with van der Waals surface area (Å²) in [5, 5.41) is 9.44. The highest BCUT2D eigenvalue weighted by atomic mass is 32.2. The minimum atomic E-state index is -5.66. The molecule has 1 saturated carbocycles. The van der Waals surface area contributed by atoms with Gasteiger partial charge in [-0.2, -0.15) is 27.2 Å². The molecule has 3 aromatic heterocycles. The molecule has 4 rings (SSSR count). The van der Waals surface area contributed by atoms with Crippen molar-refractivity contribution in [3.8, 4) is 17.5 Å². The number of fused-ring (bicyclic) bond motifs is 1. The van der Waals surface area contributed by atoms with Gasteiger partial charge in [0.2, 0.25) is 0 Å². The summed E-state index contributed by atoms with van der Waals surface area (Å²) < 4.78 is 65.3. The average molecular weight is 453 g/mol. The van der Waals surface area contributed by atoms with Crippen LogP contribution in [0.15, 0.2) is 35.7 Å². The molecule has 3 aromatic rings. The van der Waals surface area contributed by atoms with E-state index in [4.69, 9.17) is 0 Å². The number of nitrogens with zero attached hydrogens (tertiary/aromatic N) is 5. The second-order valence-electron chi connectivity index (χ2n) is 7.33. The molecule has 0 N–H and O–H groups in total. The van der Waals surface area contributed by atoms with Crippen LogP contribution < -0.4 is 0 Å². The Morgan fingerprint density at radius 1 is 1.13 bits per heavy atom. The van der Waals surface area contributed by atoms with Crippen molar-refractivity contribution in [3.05, 3.63) is 36.4 Å². The van der Waals surface area contributed by atoms with Gasteiger partial charge in [-0.15, -0.1) is 11.8 Å². The lowest BCUT2D eigenvalue weighted by Crippen LogP contribution is -2.40. The van der Waals surface area contributed by atoms with Gasteiger partial charge in [0, 0.05) is 11.1 Å². The summed E-state index contributed by atoms with van der Waals surface area (Å²) >= 11 is 1.52. The lowest BCUT2D eigenvalue weighted by atomic mass is 9.99. The van der Waals surface area contributed by atoms with E-state index in [0.717, 1.165) is 39.9 Å². The predicted octanol–water partition coefficient (Wildman–Crippen LogP) is 5.36. The summed E-state index contributed by atoms with van der Waals surface area (Å²) in [6.45, 7) is 0.394. The van der Waals surface area contributed by atoms with Crippen molar-refractivity contribution in [2.24, 2.45) is 0 Å². The summed E-state index contributed by atoms with van der Waals surface area (Å²) in [6, 6.07) is 5.76. The topological polar surface area (TPSA) is 67.4 Å². The minimum absolute atomic E-state index is 0.0652. The third-order valence-electron chi connectivity index (χ3n) is 5.20. The second kappa shape index (κ2) is 7.44. The van der Waals surface area contributed by atoms with Crippen molar-refractivity contribution in [2.75, 3.05) is 5.75 Å². The van der Waals surface area contributed by atoms with Crippen molar-refractivity contribution in [3.63, 3.8) is 0 Å². The number of thioether (sulfide) groups is 1. The van der Waals surface area contributed by atoms with Gasteiger partial charge in [0.25, 0.3) is 0 Å². The molecule has 11 heteroatoms. The number of pyridine rings is 2. The van der Waals surface area contributed by atoms with Gasteiger partial charge in [-0.1, -0.05) is 6.92 Å². The molecule has 0 saturated heterocycles. The zero-order chi connectivity index (χ0) is 22.4. The maximum Gasteiger partial charge on any atom is 0.455 e. The monoisotopic (exact) mass is 453 g/mol. The molecular formula is C20H16F5N5S. The van der Waals surface area contributed by atoms with Crippen LogP contribution in [0.25, 0.3) is 22.4 Å². The van der Waals surface area contributed by atoms with Gasteiger partial charge >= 0.3 is 12.1 Å². The Labute approximate surface area is 178 Å². The largest absolute Gasteiger partial charge is 0.455 e. The van der Waals surface area contributed by atoms with Crippen molar-refractivity contribution in [1.29, 1.82) is 5.26 Å². The van der Waals surface area contributed by atoms with Crippen LogP contribution in [-0.2, 0) is 12.0 Å². The van der Waals surface area contributed by atoms with Crippen LogP contribution >= 0.6 is 11.8 Å². The molecule has 3 heterocycles. The standard InChI is InChI=1S/C20H16F5N5S/c1-2-31-16-5-12(18(9-26)3-4-18)7-28-17(16)14-6-13-15(8-27-14)30(11-29-13)10-19(21,22)20(23,24)25/h5-8,11H,2-4,10H2,1H3. The molecule has 0 unspecified atom stereocenters. The van der Waals surface area contributed by atoms with E-state index in [9.17, 15) is 27.2 Å². The van der Waals surface area contributed by atoms with E-state index in [1.54, 1.807) is 6.20 Å². The molecule has 0 aromatic carbocycles. The first-order valence-electron chi connectivity index (χ1n) is 9.40. The number of aromatic nitrogens is 4. The molecule has 31 heavy (non-hydrogen) atoms. The van der Waals surface area contributed by atoms with Crippen LogP contribution in [0.2, 0.25) is 0 Å². The van der Waals surface area contributed by atoms with Crippen LogP contribution in [0, 0.1) is 11.3 Å². The molecule has 0 bridgehead atoms. The average Bonchev–Trinajstić information content (AvgIpc) is 3.43. The first kappa shape index (κ1) is 21.5. The SMILES string of the molecule is CCSc1cc(C2(C#N)CC2)cnc1-c1cc2ncn(CC(F)(F)C(F)(F)F)c2cn1. The fraction of sp³-hybridized carbons (Fsp3) is 0.400. The Kier molecular flexibility index (Phi) is 5.16. The Bertz CT molecular complexity index is 1180. The van der Waals surface area contributed by atoms with Gasteiger partial charge < -0.3 is 4.57 Å². The molecule has 0 amide bonds. The zero-order valence-corrected chi connectivity index (χ0v) is 17.1. The lowest BCUT2D eigenvalue weighted by Gasteiger charge is -2.20. The third kappa shape index (κ3) is 3.84. The number of hydrogen-bond donors (Lipinski definition) is 0. The van der Waals surface area contributed by atoms with Crippen molar-refractivity contribution in [2.45, 2.75) is 48.7 Å². The molecule has 1 aliphatic rings. The van der Waals surface area contributed by atoms with Gasteiger partial charge in [-0.05, 0) is 36.3 Å². The normalized spacial score (nSPS) is 15.8. The van der Waals surface area contributed by atoms with Crippen LogP contribution in [0.5, 0.6) is 0 Å². The summed E-state index contributed by atoms with van der Waals surface area (Å²) in [5.41, 5.74) is 1.61. The Balaban J connectivity index is 1.70. The predicted molar refractivity (Wildman–Crippen MR) is 105 cm³/mol. The summed E-state index contributed by atoms with van der Waals surface area (Å²) in [7, 11) is 0. The molecule has 0 spiro atoms. The first-order valence-corrected chi connectivity index (χ1v) is 10.4. The van der Waals surface area contributed by atoms with E-state index in [0.29, 0.717) is 11.4 Å². The Morgan fingerprint density at radius 2 is 1.87 bits per heavy atom. The van der Waals surface area contributed by atoms with Gasteiger partial charge in [0.1, 0.15) is 5.69 Å². The van der Waals surface area contributed by atoms with E-state index in [1.165, 1.54) is 24.0 Å². The number of imidazole rings is 1. The number of halogens is 5. The van der Waals surface area contributed by atoms with Crippen LogP contribution in [-0.4, -0.2) is 37.4 Å². The summed E-state index contributed by atoms with van der Waals surface area (Å²) in [5.74, 6) is -4.14. The maximum absolute atomic E-state index is 13.4. The molecule has 0 radical (unpaired) electrons. The number of rotatable bonds is 6. The van der Waals surface area contributed by atoms with E-state index in [2.05, 4.69) is 21.0 Å². The Morgan fingerprint density at radius 3 is 2.48 bits per heavy atom. The maximum atomic E-state index is 13.4. The highest BCUT2D eigenvalue weighted by Gasteiger charge is 2.57. The van der Waals surface area contributed by atoms with Gasteiger partial charge in [-0.3, -0.25) is 9.97 Å². The lowest BCUT2D eigenvalue weighted by molar-refractivity contribution is -0.286. The fourth-order valence-electron chi connectivity index (χ4n) is 3.27. The van der Waals surface area contributed by atoms with E-state index < -0.39 is 24.1 Å².